The van der Waals surface area contributed by atoms with Gasteiger partial charge in [-0.05, 0) is 0 Å². The van der Waals surface area contributed by atoms with Crippen LogP contribution in [0, 0.1) is 0 Å². The van der Waals surface area contributed by atoms with E-state index >= 15 is 0 Å². The van der Waals surface area contributed by atoms with Gasteiger partial charge in [0, 0.05) is 41.5 Å². The molecule has 778 valence electrons. The summed E-state index contributed by atoms with van der Waals surface area (Å²) >= 11 is 0. The van der Waals surface area contributed by atoms with Crippen LogP contribution in [0.5, 0.6) is 0 Å². The molecule has 10 heterocycles. The van der Waals surface area contributed by atoms with E-state index in [4.69, 9.17) is 94.7 Å². The molecule has 0 unspecified atom stereocenters. The topological polar surface area (TPSA) is 931 Å². The molecule has 33 N–H and O–H groups in total. The summed E-state index contributed by atoms with van der Waals surface area (Å²) in [5, 5.41) is 326. The third-order valence-corrected chi connectivity index (χ3v) is 24.1. The van der Waals surface area contributed by atoms with Crippen molar-refractivity contribution in [3.63, 3.8) is 0 Å². The van der Waals surface area contributed by atoms with Crippen LogP contribution in [0.1, 0.15) is 48.0 Å². The number of aliphatic carboxylic acids is 1. The van der Waals surface area contributed by atoms with Gasteiger partial charge in [-0.15, -0.1) is 0 Å². The van der Waals surface area contributed by atoms with Gasteiger partial charge in [0.05, 0.1) is 78.5 Å². The van der Waals surface area contributed by atoms with Crippen molar-refractivity contribution >= 4 is 41.5 Å². The zero-order chi connectivity index (χ0) is 99.9. The third kappa shape index (κ3) is 25.2. The lowest BCUT2D eigenvalue weighted by Crippen LogP contribution is -2.71. The number of rotatable bonds is 37. The maximum absolute atomic E-state index is 13.3. The summed E-state index contributed by atoms with van der Waals surface area (Å²) in [6.45, 7) is -6.37. The second-order valence-corrected chi connectivity index (χ2v) is 33.7. The molecule has 5 amide bonds. The first kappa shape index (κ1) is 111. The van der Waals surface area contributed by atoms with Gasteiger partial charge in [0.15, 0.2) is 56.6 Å². The zero-order valence-corrected chi connectivity index (χ0v) is 72.7. The van der Waals surface area contributed by atoms with Crippen molar-refractivity contribution < 1.29 is 271 Å². The van der Waals surface area contributed by atoms with Crippen molar-refractivity contribution in [1.82, 2.24) is 26.6 Å². The Labute approximate surface area is 763 Å². The van der Waals surface area contributed by atoms with E-state index in [-0.39, 0.29) is 0 Å². The average Bonchev–Trinajstić information content (AvgIpc) is 0.755. The standard InChI is InChI=1S/C75H123N5O55/c1-18(89)76-35-25(118-23(6)94)7-75(74(114)115,135-61(35)40(96)24(95)8-81)117-17-34-44(100)51(107)55(111)70(127-34)130-59-31(14-87)125-68(39(49(59)105)80-22(5)93)134-64-53(109)43(99)28(11-84)122-73(64)132-62-45(101)33(126-71(56(62)112)131-60-32(15-88)123-66(37(47(60)103)78-20(3)91)128-57-29(12-85)119-65(113)36(46(57)102)77-19(2)90)16-116-72-63(52(108)42(98)27(10-83)121-72)133-67-38(79-21(4)92)48(104)58(30(13-86)124-67)129-69-54(110)50(106)41(97)26(9-82)120-69/h24-73,81-88,95-113H,7-17H2,1-6H3,(H,76,89)(H,77,90)(H,78,91)(H,79,92)(H,80,93)(H,114,115)/t24-,25+,26-,27-,28-,29-,30-,31-,32-,33-,34-,35-,36-,37-,38-,39-,40-,41+,42-,43-,44+,45-,46-,47-,48-,49-,50+,51+,52+,53+,54-,55-,56+,57-,58-,59-,60-,61-,62+,63+,64+,65-,66+,67+,68+,69+,70+,71+,72+,73-,75-/m1/s1. The van der Waals surface area contributed by atoms with Gasteiger partial charge in [-0.2, -0.15) is 0 Å². The van der Waals surface area contributed by atoms with Crippen molar-refractivity contribution in [1.29, 1.82) is 0 Å². The highest BCUT2D eigenvalue weighted by molar-refractivity contribution is 5.77. The van der Waals surface area contributed by atoms with Gasteiger partial charge in [0.1, 0.15) is 244 Å². The third-order valence-electron chi connectivity index (χ3n) is 24.1. The minimum Gasteiger partial charge on any atom is -0.477 e. The molecule has 60 nitrogen and oxygen atoms in total. The molecule has 10 saturated heterocycles. The number of hydrogen-bond donors (Lipinski definition) is 33. The van der Waals surface area contributed by atoms with E-state index < -0.39 is 426 Å². The first-order valence-electron chi connectivity index (χ1n) is 42.6. The Morgan fingerprint density at radius 3 is 1.02 bits per heavy atom. The van der Waals surface area contributed by atoms with Crippen molar-refractivity contribution in [2.24, 2.45) is 0 Å². The van der Waals surface area contributed by atoms with Crippen LogP contribution in [0.4, 0.5) is 0 Å². The first-order valence-corrected chi connectivity index (χ1v) is 42.6. The molecule has 10 rings (SSSR count). The SMILES string of the molecule is CC(=O)N[C@@H]1[C@@H](O)[C@H](O[C@@H]2O[C@H](CO)[C@@H](O[C@@H]3O[C@H](CO[C@H]4O[C@H](CO)[C@@H](O)[C@H](O)[C@@H]4O[C@@H]4O[C@H](CO)[C@@H](O[C@@H]5O[C@H](CO)[C@H](O)[C@H](O)[C@H]5O)[C@H](O)[C@H]4NC(C)=O)[C@@H](O)[C@H](O[C@H]4O[C@H](CO)[C@@H](O)[C@H](O)[C@@H]4O[C@@H]4O[C@H](CO)[C@@H](O[C@@H]5O[C@H](CO[C@]6(C(=O)O)C[C@H](OC(C)=O)[C@@H](NC(C)=O)[C@H]([C@H](O)[C@H](O)CO)O6)[C@H](O)[C@H](O)[C@H]5O)[C@H](O)[C@H]4NC(C)=O)[C@@H]3O)[C@H](O)[C@H]2NC(C)=O)[C@@H](CO)O[C@H]1O. The fourth-order valence-electron chi connectivity index (χ4n) is 17.2. The number of hydrogen-bond acceptors (Lipinski definition) is 54. The Kier molecular flexibility index (Phi) is 40.0. The molecule has 0 aliphatic carbocycles. The molecular weight excluding hydrogens is 1850 g/mol. The highest BCUT2D eigenvalue weighted by Gasteiger charge is 2.64. The van der Waals surface area contributed by atoms with Crippen molar-refractivity contribution in [2.75, 3.05) is 66.1 Å². The highest BCUT2D eigenvalue weighted by atomic mass is 16.8. The Morgan fingerprint density at radius 2 is 0.630 bits per heavy atom. The van der Waals surface area contributed by atoms with E-state index in [9.17, 15) is 177 Å². The molecule has 135 heavy (non-hydrogen) atoms. The Balaban J connectivity index is 0.963. The maximum Gasteiger partial charge on any atom is 0.364 e. The molecule has 0 bridgehead atoms. The minimum absolute atomic E-state index is 0.818. The number of carboxylic acid groups (broad SMARTS) is 1. The van der Waals surface area contributed by atoms with Gasteiger partial charge in [-0.3, -0.25) is 28.8 Å². The number of carbonyl (C=O) groups excluding carboxylic acids is 6. The molecule has 10 aliphatic heterocycles. The van der Waals surface area contributed by atoms with Crippen LogP contribution in [0.3, 0.4) is 0 Å². The molecule has 51 atom stereocenters. The summed E-state index contributed by atoms with van der Waals surface area (Å²) in [6.07, 6.45) is -99.6. The predicted octanol–water partition coefficient (Wildman–Crippen LogP) is -22.3. The highest BCUT2D eigenvalue weighted by Crippen LogP contribution is 2.42. The number of carbonyl (C=O) groups is 7. The minimum atomic E-state index is -3.15. The summed E-state index contributed by atoms with van der Waals surface area (Å²) in [5.41, 5.74) is 0. The van der Waals surface area contributed by atoms with E-state index in [1.807, 2.05) is 0 Å². The van der Waals surface area contributed by atoms with Gasteiger partial charge in [-0.25, -0.2) is 4.79 Å². The lowest BCUT2D eigenvalue weighted by Gasteiger charge is -2.51. The zero-order valence-electron chi connectivity index (χ0n) is 72.7. The summed E-state index contributed by atoms with van der Waals surface area (Å²) in [4.78, 5) is 89.7. The smallest absolute Gasteiger partial charge is 0.364 e. The predicted molar refractivity (Wildman–Crippen MR) is 414 cm³/mol. The lowest BCUT2D eigenvalue weighted by atomic mass is 9.88. The number of esters is 1. The second-order valence-electron chi connectivity index (χ2n) is 33.7. The average molecular weight is 1970 g/mol. The van der Waals surface area contributed by atoms with Gasteiger partial charge in [0.2, 0.25) is 29.5 Å². The molecule has 10 aliphatic rings. The second kappa shape index (κ2) is 48.5. The monoisotopic (exact) mass is 1970 g/mol. The van der Waals surface area contributed by atoms with Crippen LogP contribution >= 0.6 is 0 Å². The molecule has 10 fully saturated rings. The summed E-state index contributed by atoms with van der Waals surface area (Å²) in [7, 11) is 0. The molecule has 0 spiro atoms. The quantitative estimate of drug-likeness (QED) is 0.0257. The Bertz CT molecular complexity index is 3810. The maximum atomic E-state index is 13.3. The summed E-state index contributed by atoms with van der Waals surface area (Å²) in [5.74, 6) is -11.0. The molecule has 0 aromatic carbocycles. The molecule has 60 heteroatoms. The van der Waals surface area contributed by atoms with Gasteiger partial charge < -0.3 is 264 Å². The fraction of sp³-hybridized carbons (Fsp3) is 0.907. The van der Waals surface area contributed by atoms with Crippen molar-refractivity contribution in [3.05, 3.63) is 0 Å². The molecule has 0 radical (unpaired) electrons. The van der Waals surface area contributed by atoms with Crippen LogP contribution in [-0.2, 0) is 128 Å². The van der Waals surface area contributed by atoms with Crippen LogP contribution < -0.4 is 26.6 Å². The van der Waals surface area contributed by atoms with E-state index in [1.54, 1.807) is 0 Å². The van der Waals surface area contributed by atoms with E-state index in [0.29, 0.717) is 0 Å². The number of aliphatic hydroxyl groups is 27. The molecule has 0 saturated carbocycles. The normalized spacial score (nSPS) is 46.4. The Hall–Kier alpha value is -5.55. The van der Waals surface area contributed by atoms with E-state index in [0.717, 1.165) is 41.5 Å². The van der Waals surface area contributed by atoms with Crippen LogP contribution in [-0.4, -0.2) is 563 Å². The Morgan fingerprint density at radius 1 is 0.319 bits per heavy atom. The van der Waals surface area contributed by atoms with Gasteiger partial charge in [0.25, 0.3) is 5.79 Å². The number of carboxylic acids is 1. The molecule has 0 aromatic rings. The van der Waals surface area contributed by atoms with Crippen LogP contribution in [0.2, 0.25) is 0 Å². The first-order chi connectivity index (χ1) is 63.7. The fourth-order valence-corrected chi connectivity index (χ4v) is 17.2. The van der Waals surface area contributed by atoms with Crippen molar-refractivity contribution in [3.8, 4) is 0 Å². The number of aliphatic hydroxyl groups excluding tert-OH is 27. The lowest BCUT2D eigenvalue weighted by molar-refractivity contribution is -0.399. The van der Waals surface area contributed by atoms with E-state index in [2.05, 4.69) is 26.6 Å². The van der Waals surface area contributed by atoms with Crippen LogP contribution in [0.25, 0.3) is 0 Å². The summed E-state index contributed by atoms with van der Waals surface area (Å²) < 4.78 is 118. The molecular formula is C75H123N5O55. The number of amides is 5. The molecule has 0 aromatic heterocycles. The largest absolute Gasteiger partial charge is 0.477 e. The number of nitrogens with one attached hydrogen (secondary N) is 5. The summed E-state index contributed by atoms with van der Waals surface area (Å²) in [6, 6.07) is -9.45. The van der Waals surface area contributed by atoms with Crippen LogP contribution in [0.15, 0.2) is 0 Å². The van der Waals surface area contributed by atoms with Crippen molar-refractivity contribution in [2.45, 2.75) is 360 Å². The van der Waals surface area contributed by atoms with Gasteiger partial charge in [-0.1, -0.05) is 0 Å². The number of ether oxygens (including phenoxy) is 20. The van der Waals surface area contributed by atoms with E-state index in [1.165, 1.54) is 0 Å². The van der Waals surface area contributed by atoms with Gasteiger partial charge >= 0.3 is 11.9 Å².